The molecule has 0 unspecified atom stereocenters. The van der Waals surface area contributed by atoms with E-state index in [1.165, 1.54) is 0 Å². The van der Waals surface area contributed by atoms with Crippen LogP contribution in [0.4, 0.5) is 0 Å². The summed E-state index contributed by atoms with van der Waals surface area (Å²) < 4.78 is 21.9. The zero-order valence-corrected chi connectivity index (χ0v) is 21.2. The van der Waals surface area contributed by atoms with Gasteiger partial charge in [0.15, 0.2) is 13.2 Å². The Morgan fingerprint density at radius 1 is 0.550 bits per heavy atom. The molecule has 0 saturated carbocycles. The topological polar surface area (TPSA) is 95.9 Å². The summed E-state index contributed by atoms with van der Waals surface area (Å²) in [5, 5.41) is 1.35. The molecule has 6 aromatic rings. The van der Waals surface area contributed by atoms with Crippen molar-refractivity contribution in [1.82, 2.24) is 0 Å². The average Bonchev–Trinajstić information content (AvgIpc) is 2.99. The molecule has 40 heavy (non-hydrogen) atoms. The first-order valence-corrected chi connectivity index (χ1v) is 12.6. The van der Waals surface area contributed by atoms with Crippen molar-refractivity contribution in [2.45, 2.75) is 0 Å². The second-order valence-electron chi connectivity index (χ2n) is 9.08. The molecule has 0 bridgehead atoms. The van der Waals surface area contributed by atoms with Crippen molar-refractivity contribution in [3.8, 4) is 33.8 Å². The Kier molecular flexibility index (Phi) is 6.68. The molecule has 2 heterocycles. The summed E-state index contributed by atoms with van der Waals surface area (Å²) in [4.78, 5) is 37.6. The molecule has 0 fully saturated rings. The number of benzene rings is 4. The molecule has 0 radical (unpaired) electrons. The number of hydrogen-bond donors (Lipinski definition) is 0. The van der Waals surface area contributed by atoms with Gasteiger partial charge in [0.2, 0.25) is 17.3 Å². The molecule has 0 amide bonds. The van der Waals surface area contributed by atoms with Gasteiger partial charge in [0.25, 0.3) is 0 Å². The van der Waals surface area contributed by atoms with Crippen molar-refractivity contribution in [3.63, 3.8) is 0 Å². The number of hydrogen-bond acceptors (Lipinski definition) is 7. The van der Waals surface area contributed by atoms with Crippen LogP contribution < -0.4 is 20.7 Å². The summed E-state index contributed by atoms with van der Waals surface area (Å²) in [5.41, 5.74) is 3.03. The molecule has 0 N–H and O–H groups in total. The molecule has 0 saturated heterocycles. The Bertz CT molecular complexity index is 1810. The van der Waals surface area contributed by atoms with E-state index in [1.807, 2.05) is 72.8 Å². The lowest BCUT2D eigenvalue weighted by Crippen LogP contribution is -2.22. The van der Waals surface area contributed by atoms with Crippen molar-refractivity contribution in [1.29, 1.82) is 0 Å². The number of ketones is 1. The highest BCUT2D eigenvalue weighted by molar-refractivity contribution is 5.95. The number of Topliss-reactive ketones (excluding diaryl/α,β-unsaturated/α-hetero) is 1. The highest BCUT2D eigenvalue weighted by Crippen LogP contribution is 2.31. The third-order valence-electron chi connectivity index (χ3n) is 6.44. The van der Waals surface area contributed by atoms with Gasteiger partial charge < -0.3 is 18.3 Å². The Hall–Kier alpha value is -5.43. The molecule has 196 valence electrons. The lowest BCUT2D eigenvalue weighted by atomic mass is 10.0. The fourth-order valence-corrected chi connectivity index (χ4v) is 4.54. The van der Waals surface area contributed by atoms with Crippen molar-refractivity contribution in [2.75, 3.05) is 13.2 Å². The van der Waals surface area contributed by atoms with Gasteiger partial charge in [0.1, 0.15) is 11.2 Å². The predicted octanol–water partition coefficient (Wildman–Crippen LogP) is 6.26. The van der Waals surface area contributed by atoms with Crippen LogP contribution in [0.1, 0.15) is 0 Å². The molecule has 0 spiro atoms. The first-order valence-electron chi connectivity index (χ1n) is 12.6. The van der Waals surface area contributed by atoms with E-state index in [-0.39, 0.29) is 11.5 Å². The van der Waals surface area contributed by atoms with Crippen molar-refractivity contribution >= 4 is 27.7 Å². The van der Waals surface area contributed by atoms with Crippen LogP contribution in [0.15, 0.2) is 128 Å². The van der Waals surface area contributed by atoms with Gasteiger partial charge in [-0.3, -0.25) is 4.79 Å². The smallest absolute Gasteiger partial charge is 0.379 e. The van der Waals surface area contributed by atoms with Gasteiger partial charge in [-0.05, 0) is 46.5 Å². The summed E-state index contributed by atoms with van der Waals surface area (Å²) in [6.45, 7) is -0.893. The molecule has 0 aliphatic carbocycles. The minimum absolute atomic E-state index is 0.0954. The van der Waals surface area contributed by atoms with Crippen LogP contribution in [-0.2, 0) is 4.79 Å². The van der Waals surface area contributed by atoms with E-state index in [9.17, 15) is 14.4 Å². The van der Waals surface area contributed by atoms with Gasteiger partial charge in [-0.1, -0.05) is 84.9 Å². The van der Waals surface area contributed by atoms with Crippen LogP contribution in [0.5, 0.6) is 11.5 Å². The zero-order valence-electron chi connectivity index (χ0n) is 21.2. The second kappa shape index (κ2) is 10.7. The molecule has 2 aromatic heterocycles. The minimum Gasteiger partial charge on any atom is -0.478 e. The Labute approximate surface area is 227 Å². The lowest BCUT2D eigenvalue weighted by Gasteiger charge is -2.10. The minimum atomic E-state index is -0.699. The Balaban J connectivity index is 1.19. The summed E-state index contributed by atoms with van der Waals surface area (Å²) in [5.74, 6) is -0.671. The van der Waals surface area contributed by atoms with Crippen molar-refractivity contribution < 1.29 is 23.1 Å². The molecule has 0 atom stereocenters. The predicted molar refractivity (Wildman–Crippen MR) is 152 cm³/mol. The second-order valence-corrected chi connectivity index (χ2v) is 9.08. The largest absolute Gasteiger partial charge is 0.478 e. The van der Waals surface area contributed by atoms with E-state index in [1.54, 1.807) is 36.4 Å². The fraction of sp³-hybridized carbons (Fsp3) is 0.0606. The zero-order chi connectivity index (χ0) is 27.5. The van der Waals surface area contributed by atoms with Gasteiger partial charge in [-0.15, -0.1) is 0 Å². The number of fused-ring (bicyclic) bond motifs is 2. The molecule has 4 aromatic carbocycles. The first kappa shape index (κ1) is 24.9. The van der Waals surface area contributed by atoms with Gasteiger partial charge in [0.05, 0.1) is 0 Å². The molecule has 0 aliphatic heterocycles. The SMILES string of the molecule is O=C(COc1cc2c(-c3ccccc3)cccc2oc1=O)COc1cc2c(-c3ccccc3)cccc2oc1=O. The lowest BCUT2D eigenvalue weighted by molar-refractivity contribution is -0.123. The van der Waals surface area contributed by atoms with Crippen LogP contribution in [0, 0.1) is 0 Å². The van der Waals surface area contributed by atoms with Crippen LogP contribution in [0.25, 0.3) is 44.2 Å². The maximum absolute atomic E-state index is 12.6. The number of rotatable bonds is 8. The fourth-order valence-electron chi connectivity index (χ4n) is 4.54. The van der Waals surface area contributed by atoms with E-state index >= 15 is 0 Å². The highest BCUT2D eigenvalue weighted by Gasteiger charge is 2.15. The quantitative estimate of drug-likeness (QED) is 0.214. The molecule has 7 heteroatoms. The van der Waals surface area contributed by atoms with Crippen molar-refractivity contribution in [2.24, 2.45) is 0 Å². The number of carbonyl (C=O) groups excluding carboxylic acids is 1. The van der Waals surface area contributed by atoms with Crippen LogP contribution in [-0.4, -0.2) is 19.0 Å². The Morgan fingerprint density at radius 3 is 1.40 bits per heavy atom. The van der Waals surface area contributed by atoms with E-state index in [0.717, 1.165) is 22.3 Å². The maximum atomic E-state index is 12.6. The van der Waals surface area contributed by atoms with Crippen LogP contribution in [0.3, 0.4) is 0 Å². The van der Waals surface area contributed by atoms with E-state index in [2.05, 4.69) is 0 Å². The molecule has 7 nitrogen and oxygen atoms in total. The van der Waals surface area contributed by atoms with Gasteiger partial charge in [-0.2, -0.15) is 0 Å². The van der Waals surface area contributed by atoms with E-state index in [4.69, 9.17) is 18.3 Å². The summed E-state index contributed by atoms with van der Waals surface area (Å²) in [7, 11) is 0. The Morgan fingerprint density at radius 2 is 0.975 bits per heavy atom. The normalized spacial score (nSPS) is 11.0. The summed E-state index contributed by atoms with van der Waals surface area (Å²) >= 11 is 0. The van der Waals surface area contributed by atoms with E-state index < -0.39 is 30.2 Å². The molecular formula is C33H22O7. The maximum Gasteiger partial charge on any atom is 0.379 e. The van der Waals surface area contributed by atoms with E-state index in [0.29, 0.717) is 21.9 Å². The summed E-state index contributed by atoms with van der Waals surface area (Å²) in [6.07, 6.45) is 0. The average molecular weight is 531 g/mol. The third-order valence-corrected chi connectivity index (χ3v) is 6.44. The van der Waals surface area contributed by atoms with Gasteiger partial charge in [-0.25, -0.2) is 9.59 Å². The van der Waals surface area contributed by atoms with Gasteiger partial charge >= 0.3 is 11.3 Å². The first-order chi connectivity index (χ1) is 19.6. The molecule has 0 aliphatic rings. The van der Waals surface area contributed by atoms with Gasteiger partial charge in [0, 0.05) is 10.8 Å². The summed E-state index contributed by atoms with van der Waals surface area (Å²) in [6, 6.07) is 33.3. The highest BCUT2D eigenvalue weighted by atomic mass is 16.5. The standard InChI is InChI=1S/C33H22O7/c34-23(19-37-30-17-26-24(21-9-3-1-4-10-21)13-7-15-28(26)39-32(30)35)20-38-31-18-27-25(22-11-5-2-6-12-22)14-8-16-29(27)40-33(31)36/h1-18H,19-20H2. The molecule has 6 rings (SSSR count). The third kappa shape index (κ3) is 5.00. The van der Waals surface area contributed by atoms with Crippen LogP contribution >= 0.6 is 0 Å². The number of ether oxygens (including phenoxy) is 2. The van der Waals surface area contributed by atoms with Crippen LogP contribution in [0.2, 0.25) is 0 Å². The number of carbonyl (C=O) groups is 1. The monoisotopic (exact) mass is 530 g/mol. The van der Waals surface area contributed by atoms with Crippen molar-refractivity contribution in [3.05, 3.63) is 130 Å². The molecular weight excluding hydrogens is 508 g/mol.